The van der Waals surface area contributed by atoms with Gasteiger partial charge in [-0.2, -0.15) is 0 Å². The number of nitrogens with two attached hydrogens (primary N) is 1. The van der Waals surface area contributed by atoms with Crippen molar-refractivity contribution < 1.29 is 4.79 Å². The summed E-state index contributed by atoms with van der Waals surface area (Å²) in [5.74, 6) is 0.501. The predicted octanol–water partition coefficient (Wildman–Crippen LogP) is 2.45. The molecule has 100 valence electrons. The fourth-order valence-corrected chi connectivity index (χ4v) is 2.80. The van der Waals surface area contributed by atoms with Crippen molar-refractivity contribution >= 4 is 5.91 Å². The summed E-state index contributed by atoms with van der Waals surface area (Å²) in [6.45, 7) is 7.23. The van der Waals surface area contributed by atoms with E-state index in [2.05, 4.69) is 26.1 Å². The van der Waals surface area contributed by atoms with Crippen LogP contribution in [-0.4, -0.2) is 18.5 Å². The highest BCUT2D eigenvalue weighted by molar-refractivity contribution is 5.81. The molecule has 0 radical (unpaired) electrons. The number of rotatable bonds is 6. The molecular formula is C14H28N2O. The van der Waals surface area contributed by atoms with Crippen LogP contribution in [0.3, 0.4) is 0 Å². The summed E-state index contributed by atoms with van der Waals surface area (Å²) in [4.78, 5) is 11.9. The molecule has 1 aliphatic rings. The summed E-state index contributed by atoms with van der Waals surface area (Å²) in [5, 5.41) is 3.06. The van der Waals surface area contributed by atoms with Crippen LogP contribution in [0.4, 0.5) is 0 Å². The Balaban J connectivity index is 2.36. The lowest BCUT2D eigenvalue weighted by atomic mass is 9.83. The number of carbonyl (C=O) groups is 1. The Hall–Kier alpha value is -0.570. The number of hydrogen-bond donors (Lipinski definition) is 2. The van der Waals surface area contributed by atoms with E-state index in [0.717, 1.165) is 19.4 Å². The fourth-order valence-electron chi connectivity index (χ4n) is 2.80. The largest absolute Gasteiger partial charge is 0.354 e. The zero-order chi connectivity index (χ0) is 12.9. The van der Waals surface area contributed by atoms with Gasteiger partial charge in [0.2, 0.25) is 5.91 Å². The smallest absolute Gasteiger partial charge is 0.236 e. The van der Waals surface area contributed by atoms with E-state index in [-0.39, 0.29) is 11.9 Å². The quantitative estimate of drug-likeness (QED) is 0.749. The van der Waals surface area contributed by atoms with Crippen LogP contribution >= 0.6 is 0 Å². The number of nitrogens with one attached hydrogen (secondary N) is 1. The van der Waals surface area contributed by atoms with Gasteiger partial charge in [-0.25, -0.2) is 0 Å². The molecule has 0 aromatic heterocycles. The summed E-state index contributed by atoms with van der Waals surface area (Å²) in [6, 6.07) is -0.342. The number of amides is 1. The lowest BCUT2D eigenvalue weighted by molar-refractivity contribution is -0.123. The normalized spacial score (nSPS) is 20.5. The van der Waals surface area contributed by atoms with E-state index >= 15 is 0 Å². The molecule has 3 N–H and O–H groups in total. The third-order valence-electron chi connectivity index (χ3n) is 4.11. The van der Waals surface area contributed by atoms with Gasteiger partial charge in [-0.15, -0.1) is 0 Å². The molecule has 0 bridgehead atoms. The number of hydrogen-bond acceptors (Lipinski definition) is 2. The van der Waals surface area contributed by atoms with Gasteiger partial charge in [0.1, 0.15) is 0 Å². The van der Waals surface area contributed by atoms with Crippen LogP contribution in [0.15, 0.2) is 0 Å². The molecule has 1 atom stereocenters. The molecule has 0 unspecified atom stereocenters. The topological polar surface area (TPSA) is 55.1 Å². The average molecular weight is 240 g/mol. The van der Waals surface area contributed by atoms with Crippen molar-refractivity contribution in [2.24, 2.45) is 17.1 Å². The molecule has 0 aromatic rings. The van der Waals surface area contributed by atoms with Crippen LogP contribution < -0.4 is 11.1 Å². The highest BCUT2D eigenvalue weighted by Crippen LogP contribution is 2.40. The van der Waals surface area contributed by atoms with E-state index in [1.165, 1.54) is 25.7 Å². The van der Waals surface area contributed by atoms with E-state index in [9.17, 15) is 4.79 Å². The van der Waals surface area contributed by atoms with E-state index in [1.54, 1.807) is 0 Å². The van der Waals surface area contributed by atoms with Crippen molar-refractivity contribution in [3.8, 4) is 0 Å². The molecule has 0 aromatic carbocycles. The van der Waals surface area contributed by atoms with E-state index in [4.69, 9.17) is 5.73 Å². The summed E-state index contributed by atoms with van der Waals surface area (Å²) < 4.78 is 0. The first-order valence-corrected chi connectivity index (χ1v) is 7.02. The standard InChI is InChI=1S/C14H28N2O/c1-4-14(7-5-6-8-14)10-16-13(17)12(15)9-11(2)3/h11-12H,4-10,15H2,1-3H3,(H,16,17)/t12-/m0/s1. The van der Waals surface area contributed by atoms with Gasteiger partial charge in [0.05, 0.1) is 6.04 Å². The minimum absolute atomic E-state index is 0.0263. The zero-order valence-electron chi connectivity index (χ0n) is 11.6. The highest BCUT2D eigenvalue weighted by Gasteiger charge is 2.32. The predicted molar refractivity (Wildman–Crippen MR) is 71.6 cm³/mol. The van der Waals surface area contributed by atoms with Crippen molar-refractivity contribution in [2.45, 2.75) is 65.3 Å². The van der Waals surface area contributed by atoms with E-state index in [0.29, 0.717) is 11.3 Å². The van der Waals surface area contributed by atoms with E-state index < -0.39 is 0 Å². The summed E-state index contributed by atoms with van der Waals surface area (Å²) in [5.41, 5.74) is 6.23. The van der Waals surface area contributed by atoms with Gasteiger partial charge in [0, 0.05) is 6.54 Å². The van der Waals surface area contributed by atoms with Gasteiger partial charge < -0.3 is 11.1 Å². The summed E-state index contributed by atoms with van der Waals surface area (Å²) >= 11 is 0. The molecule has 0 heterocycles. The van der Waals surface area contributed by atoms with Crippen molar-refractivity contribution in [3.05, 3.63) is 0 Å². The first-order valence-electron chi connectivity index (χ1n) is 7.02. The molecule has 0 aliphatic heterocycles. The zero-order valence-corrected chi connectivity index (χ0v) is 11.6. The molecule has 1 fully saturated rings. The van der Waals surface area contributed by atoms with Gasteiger partial charge >= 0.3 is 0 Å². The third-order valence-corrected chi connectivity index (χ3v) is 4.11. The second-order valence-electron chi connectivity index (χ2n) is 6.01. The monoisotopic (exact) mass is 240 g/mol. The second kappa shape index (κ2) is 6.39. The first-order chi connectivity index (χ1) is 7.99. The Morgan fingerprint density at radius 2 is 1.94 bits per heavy atom. The minimum Gasteiger partial charge on any atom is -0.354 e. The maximum Gasteiger partial charge on any atom is 0.236 e. The van der Waals surface area contributed by atoms with Crippen molar-refractivity contribution in [1.29, 1.82) is 0 Å². The number of carbonyl (C=O) groups excluding carboxylic acids is 1. The first kappa shape index (κ1) is 14.5. The van der Waals surface area contributed by atoms with Crippen LogP contribution in [0, 0.1) is 11.3 Å². The van der Waals surface area contributed by atoms with Gasteiger partial charge in [0.15, 0.2) is 0 Å². The maximum absolute atomic E-state index is 11.9. The van der Waals surface area contributed by atoms with Gasteiger partial charge in [-0.3, -0.25) is 4.79 Å². The maximum atomic E-state index is 11.9. The molecule has 0 spiro atoms. The molecule has 3 nitrogen and oxygen atoms in total. The molecule has 3 heteroatoms. The Labute approximate surface area is 106 Å². The third kappa shape index (κ3) is 4.30. The molecule has 1 saturated carbocycles. The van der Waals surface area contributed by atoms with Crippen LogP contribution in [0.2, 0.25) is 0 Å². The Bertz CT molecular complexity index is 245. The van der Waals surface area contributed by atoms with Crippen LogP contribution in [-0.2, 0) is 4.79 Å². The van der Waals surface area contributed by atoms with Crippen LogP contribution in [0.5, 0.6) is 0 Å². The fraction of sp³-hybridized carbons (Fsp3) is 0.929. The van der Waals surface area contributed by atoms with Gasteiger partial charge in [-0.1, -0.05) is 33.6 Å². The minimum atomic E-state index is -0.342. The van der Waals surface area contributed by atoms with Crippen LogP contribution in [0.25, 0.3) is 0 Å². The highest BCUT2D eigenvalue weighted by atomic mass is 16.2. The van der Waals surface area contributed by atoms with E-state index in [1.807, 2.05) is 0 Å². The molecule has 1 rings (SSSR count). The van der Waals surface area contributed by atoms with Crippen molar-refractivity contribution in [3.63, 3.8) is 0 Å². The second-order valence-corrected chi connectivity index (χ2v) is 6.01. The Morgan fingerprint density at radius 1 is 1.35 bits per heavy atom. The SMILES string of the molecule is CCC1(CNC(=O)[C@@H](N)CC(C)C)CCCC1. The summed E-state index contributed by atoms with van der Waals surface area (Å²) in [7, 11) is 0. The van der Waals surface area contributed by atoms with Crippen molar-refractivity contribution in [1.82, 2.24) is 5.32 Å². The average Bonchev–Trinajstić information content (AvgIpc) is 2.74. The van der Waals surface area contributed by atoms with Gasteiger partial charge in [0.25, 0.3) is 0 Å². The lowest BCUT2D eigenvalue weighted by Crippen LogP contribution is -2.45. The molecule has 1 aliphatic carbocycles. The molecule has 1 amide bonds. The molecule has 17 heavy (non-hydrogen) atoms. The van der Waals surface area contributed by atoms with Crippen molar-refractivity contribution in [2.75, 3.05) is 6.54 Å². The molecular weight excluding hydrogens is 212 g/mol. The van der Waals surface area contributed by atoms with Gasteiger partial charge in [-0.05, 0) is 37.0 Å². The Kier molecular flexibility index (Phi) is 5.44. The van der Waals surface area contributed by atoms with Crippen LogP contribution in [0.1, 0.15) is 59.3 Å². The lowest BCUT2D eigenvalue weighted by Gasteiger charge is -2.28. The summed E-state index contributed by atoms with van der Waals surface area (Å²) in [6.07, 6.45) is 7.05. The molecule has 0 saturated heterocycles. The Morgan fingerprint density at radius 3 is 2.41 bits per heavy atom.